The van der Waals surface area contributed by atoms with E-state index in [2.05, 4.69) is 13.8 Å². The van der Waals surface area contributed by atoms with E-state index in [1.54, 1.807) is 4.90 Å². The number of aliphatic hydroxyl groups is 1. The van der Waals surface area contributed by atoms with Crippen LogP contribution in [0.5, 0.6) is 0 Å². The molecule has 1 aromatic carbocycles. The number of benzene rings is 1. The molecule has 1 amide bonds. The monoisotopic (exact) mass is 259 g/mol. The highest BCUT2D eigenvalue weighted by Crippen LogP contribution is 2.44. The van der Waals surface area contributed by atoms with E-state index in [-0.39, 0.29) is 5.91 Å². The van der Waals surface area contributed by atoms with Crippen LogP contribution in [-0.2, 0) is 0 Å². The molecule has 1 saturated heterocycles. The first-order chi connectivity index (χ1) is 8.99. The molecule has 1 aromatic rings. The van der Waals surface area contributed by atoms with E-state index >= 15 is 0 Å². The highest BCUT2D eigenvalue weighted by atomic mass is 16.3. The Kier molecular flexibility index (Phi) is 2.90. The summed E-state index contributed by atoms with van der Waals surface area (Å²) < 4.78 is 0. The van der Waals surface area contributed by atoms with Crippen LogP contribution in [0.25, 0.3) is 0 Å². The Morgan fingerprint density at radius 3 is 2.32 bits per heavy atom. The Morgan fingerprint density at radius 1 is 1.26 bits per heavy atom. The molecule has 1 saturated carbocycles. The fourth-order valence-corrected chi connectivity index (χ4v) is 2.83. The van der Waals surface area contributed by atoms with E-state index in [0.29, 0.717) is 24.9 Å². The number of amides is 1. The molecule has 1 heterocycles. The summed E-state index contributed by atoms with van der Waals surface area (Å²) in [5.74, 6) is 0.952. The minimum Gasteiger partial charge on any atom is -0.386 e. The van der Waals surface area contributed by atoms with Gasteiger partial charge < -0.3 is 10.0 Å². The minimum atomic E-state index is -0.590. The van der Waals surface area contributed by atoms with Crippen LogP contribution in [0.1, 0.15) is 48.5 Å². The fraction of sp³-hybridized carbons (Fsp3) is 0.562. The third-order valence-electron chi connectivity index (χ3n) is 4.38. The van der Waals surface area contributed by atoms with Crippen molar-refractivity contribution in [2.24, 2.45) is 5.92 Å². The van der Waals surface area contributed by atoms with Crippen molar-refractivity contribution in [1.82, 2.24) is 4.90 Å². The number of rotatable bonds is 3. The summed E-state index contributed by atoms with van der Waals surface area (Å²) in [6, 6.07) is 7.83. The van der Waals surface area contributed by atoms with Gasteiger partial charge in [0.15, 0.2) is 0 Å². The smallest absolute Gasteiger partial charge is 0.254 e. The predicted molar refractivity (Wildman–Crippen MR) is 74.1 cm³/mol. The summed E-state index contributed by atoms with van der Waals surface area (Å²) in [5.41, 5.74) is 1.38. The van der Waals surface area contributed by atoms with Crippen LogP contribution in [0.3, 0.4) is 0 Å². The Bertz CT molecular complexity index is 482. The molecule has 1 N–H and O–H groups in total. The van der Waals surface area contributed by atoms with Crippen LogP contribution in [-0.4, -0.2) is 34.6 Å². The molecule has 0 aromatic heterocycles. The van der Waals surface area contributed by atoms with Gasteiger partial charge in [-0.3, -0.25) is 4.79 Å². The van der Waals surface area contributed by atoms with E-state index in [9.17, 15) is 9.90 Å². The van der Waals surface area contributed by atoms with E-state index < -0.39 is 5.60 Å². The van der Waals surface area contributed by atoms with E-state index in [0.717, 1.165) is 18.4 Å². The molecule has 3 heteroatoms. The number of nitrogens with zero attached hydrogens (tertiary/aromatic N) is 1. The van der Waals surface area contributed by atoms with Gasteiger partial charge in [0.2, 0.25) is 0 Å². The third kappa shape index (κ3) is 2.27. The SMILES string of the molecule is CC(C)c1ccc(C(=O)N2CC(O)(C3CC3)C2)cc1. The quantitative estimate of drug-likeness (QED) is 0.905. The summed E-state index contributed by atoms with van der Waals surface area (Å²) >= 11 is 0. The van der Waals surface area contributed by atoms with Gasteiger partial charge in [0.05, 0.1) is 13.1 Å². The molecule has 1 aliphatic heterocycles. The zero-order chi connectivity index (χ0) is 13.6. The Hall–Kier alpha value is -1.35. The Balaban J connectivity index is 1.65. The molecule has 19 heavy (non-hydrogen) atoms. The van der Waals surface area contributed by atoms with Gasteiger partial charge in [0.25, 0.3) is 5.91 Å². The number of carbonyl (C=O) groups excluding carboxylic acids is 1. The molecule has 0 unspecified atom stereocenters. The molecule has 0 atom stereocenters. The van der Waals surface area contributed by atoms with E-state index in [4.69, 9.17) is 0 Å². The van der Waals surface area contributed by atoms with E-state index in [1.165, 1.54) is 5.56 Å². The maximum Gasteiger partial charge on any atom is 0.254 e. The van der Waals surface area contributed by atoms with Crippen LogP contribution >= 0.6 is 0 Å². The molecule has 2 aliphatic rings. The summed E-state index contributed by atoms with van der Waals surface area (Å²) in [4.78, 5) is 14.0. The molecular formula is C16H21NO2. The number of hydrogen-bond acceptors (Lipinski definition) is 2. The highest BCUT2D eigenvalue weighted by Gasteiger charge is 2.53. The predicted octanol–water partition coefficient (Wildman–Crippen LogP) is 2.41. The molecule has 0 bridgehead atoms. The van der Waals surface area contributed by atoms with Crippen molar-refractivity contribution in [3.05, 3.63) is 35.4 Å². The molecule has 0 radical (unpaired) electrons. The van der Waals surface area contributed by atoms with Crippen molar-refractivity contribution < 1.29 is 9.90 Å². The van der Waals surface area contributed by atoms with Crippen LogP contribution in [0, 0.1) is 5.92 Å². The lowest BCUT2D eigenvalue weighted by atomic mass is 9.88. The molecule has 3 nitrogen and oxygen atoms in total. The van der Waals surface area contributed by atoms with Gasteiger partial charge in [-0.2, -0.15) is 0 Å². The minimum absolute atomic E-state index is 0.0423. The van der Waals surface area contributed by atoms with Crippen molar-refractivity contribution >= 4 is 5.91 Å². The van der Waals surface area contributed by atoms with Gasteiger partial charge >= 0.3 is 0 Å². The normalized spacial score (nSPS) is 21.4. The second kappa shape index (κ2) is 4.34. The number of carbonyl (C=O) groups is 1. The van der Waals surface area contributed by atoms with Gasteiger partial charge in [0.1, 0.15) is 5.60 Å². The second-order valence-electron chi connectivity index (χ2n) is 6.32. The maximum atomic E-state index is 12.3. The molecule has 3 rings (SSSR count). The Morgan fingerprint density at radius 2 is 1.84 bits per heavy atom. The summed E-state index contributed by atoms with van der Waals surface area (Å²) in [6.45, 7) is 5.29. The lowest BCUT2D eigenvalue weighted by Crippen LogP contribution is -2.64. The topological polar surface area (TPSA) is 40.5 Å². The number of likely N-dealkylation sites (tertiary alicyclic amines) is 1. The average Bonchev–Trinajstić information content (AvgIpc) is 3.18. The van der Waals surface area contributed by atoms with E-state index in [1.807, 2.05) is 24.3 Å². The second-order valence-corrected chi connectivity index (χ2v) is 6.32. The number of β-amino-alcohol motifs (C(OH)–C–C–N with tert-alkyl or cyclic N) is 1. The Labute approximate surface area is 114 Å². The van der Waals surface area contributed by atoms with Gasteiger partial charge in [-0.25, -0.2) is 0 Å². The first-order valence-corrected chi connectivity index (χ1v) is 7.11. The van der Waals surface area contributed by atoms with Crippen molar-refractivity contribution in [2.75, 3.05) is 13.1 Å². The van der Waals surface area contributed by atoms with Crippen LogP contribution in [0.15, 0.2) is 24.3 Å². The zero-order valence-corrected chi connectivity index (χ0v) is 11.6. The van der Waals surface area contributed by atoms with Gasteiger partial charge in [-0.05, 0) is 42.4 Å². The summed E-state index contributed by atoms with van der Waals surface area (Å²) in [5, 5.41) is 10.2. The first-order valence-electron chi connectivity index (χ1n) is 7.11. The average molecular weight is 259 g/mol. The van der Waals surface area contributed by atoms with Crippen molar-refractivity contribution in [2.45, 2.75) is 38.2 Å². The molecular weight excluding hydrogens is 238 g/mol. The zero-order valence-electron chi connectivity index (χ0n) is 11.6. The summed E-state index contributed by atoms with van der Waals surface area (Å²) in [7, 11) is 0. The first kappa shape index (κ1) is 12.7. The largest absolute Gasteiger partial charge is 0.386 e. The van der Waals surface area contributed by atoms with Crippen molar-refractivity contribution in [1.29, 1.82) is 0 Å². The highest BCUT2D eigenvalue weighted by molar-refractivity contribution is 5.95. The lowest BCUT2D eigenvalue weighted by Gasteiger charge is -2.47. The van der Waals surface area contributed by atoms with Crippen LogP contribution in [0.4, 0.5) is 0 Å². The van der Waals surface area contributed by atoms with Crippen molar-refractivity contribution in [3.8, 4) is 0 Å². The van der Waals surface area contributed by atoms with Gasteiger partial charge in [-0.1, -0.05) is 26.0 Å². The van der Waals surface area contributed by atoms with Gasteiger partial charge in [0, 0.05) is 5.56 Å². The van der Waals surface area contributed by atoms with Crippen LogP contribution < -0.4 is 0 Å². The third-order valence-corrected chi connectivity index (χ3v) is 4.38. The maximum absolute atomic E-state index is 12.3. The standard InChI is InChI=1S/C16H21NO2/c1-11(2)12-3-5-13(6-4-12)15(18)17-9-16(19,10-17)14-7-8-14/h3-6,11,14,19H,7-10H2,1-2H3. The van der Waals surface area contributed by atoms with Crippen molar-refractivity contribution in [3.63, 3.8) is 0 Å². The lowest BCUT2D eigenvalue weighted by molar-refractivity contribution is -0.0958. The summed E-state index contributed by atoms with van der Waals surface area (Å²) in [6.07, 6.45) is 2.23. The molecule has 102 valence electrons. The van der Waals surface area contributed by atoms with Gasteiger partial charge in [-0.15, -0.1) is 0 Å². The molecule has 0 spiro atoms. The van der Waals surface area contributed by atoms with Crippen LogP contribution in [0.2, 0.25) is 0 Å². The number of hydrogen-bond donors (Lipinski definition) is 1. The molecule has 1 aliphatic carbocycles. The molecule has 2 fully saturated rings. The fourth-order valence-electron chi connectivity index (χ4n) is 2.83.